The molecule has 0 unspecified atom stereocenters. The highest BCUT2D eigenvalue weighted by atomic mass is 32.1. The Morgan fingerprint density at radius 2 is 1.92 bits per heavy atom. The third-order valence-electron chi connectivity index (χ3n) is 4.39. The lowest BCUT2D eigenvalue weighted by atomic mass is 10.0. The maximum atomic E-state index is 12.2. The van der Waals surface area contributed by atoms with E-state index < -0.39 is 5.91 Å². The molecule has 1 aliphatic carbocycles. The summed E-state index contributed by atoms with van der Waals surface area (Å²) in [5.74, 6) is -0.0918. The number of hydrogen-bond acceptors (Lipinski definition) is 5. The SMILES string of the molecule is NC(=O)c1nc(Nc2ccccc2)sc1NC(=O)CCC1CCCC1. The van der Waals surface area contributed by atoms with E-state index in [1.807, 2.05) is 30.3 Å². The lowest BCUT2D eigenvalue weighted by Crippen LogP contribution is -2.17. The van der Waals surface area contributed by atoms with E-state index in [9.17, 15) is 9.59 Å². The quantitative estimate of drug-likeness (QED) is 0.699. The molecule has 4 N–H and O–H groups in total. The zero-order valence-electron chi connectivity index (χ0n) is 14.0. The first-order valence-electron chi connectivity index (χ1n) is 8.54. The van der Waals surface area contributed by atoms with E-state index in [1.54, 1.807) is 0 Å². The van der Waals surface area contributed by atoms with Crippen LogP contribution in [-0.2, 0) is 4.79 Å². The van der Waals surface area contributed by atoms with E-state index in [4.69, 9.17) is 5.73 Å². The van der Waals surface area contributed by atoms with Crippen molar-refractivity contribution in [3.63, 3.8) is 0 Å². The third kappa shape index (κ3) is 4.79. The Labute approximate surface area is 150 Å². The van der Waals surface area contributed by atoms with Crippen LogP contribution in [0.2, 0.25) is 0 Å². The molecule has 0 spiro atoms. The average molecular weight is 358 g/mol. The van der Waals surface area contributed by atoms with Crippen molar-refractivity contribution in [2.24, 2.45) is 11.7 Å². The maximum absolute atomic E-state index is 12.2. The van der Waals surface area contributed by atoms with Crippen molar-refractivity contribution in [1.29, 1.82) is 0 Å². The number of para-hydroxylation sites is 1. The van der Waals surface area contributed by atoms with Crippen LogP contribution < -0.4 is 16.4 Å². The zero-order chi connectivity index (χ0) is 17.6. The fourth-order valence-corrected chi connectivity index (χ4v) is 4.00. The number of rotatable bonds is 7. The summed E-state index contributed by atoms with van der Waals surface area (Å²) in [6.07, 6.45) is 6.31. The number of anilines is 3. The number of benzene rings is 1. The summed E-state index contributed by atoms with van der Waals surface area (Å²) in [6, 6.07) is 9.50. The molecule has 0 saturated heterocycles. The highest BCUT2D eigenvalue weighted by Gasteiger charge is 2.20. The molecular weight excluding hydrogens is 336 g/mol. The van der Waals surface area contributed by atoms with Crippen molar-refractivity contribution in [1.82, 2.24) is 4.98 Å². The van der Waals surface area contributed by atoms with Gasteiger partial charge in [0.15, 0.2) is 10.8 Å². The first-order valence-corrected chi connectivity index (χ1v) is 9.36. The summed E-state index contributed by atoms with van der Waals surface area (Å²) in [6.45, 7) is 0. The molecule has 1 saturated carbocycles. The molecule has 1 aromatic heterocycles. The number of nitrogens with one attached hydrogen (secondary N) is 2. The molecule has 1 fully saturated rings. The molecule has 1 heterocycles. The minimum absolute atomic E-state index is 0.0932. The van der Waals surface area contributed by atoms with Gasteiger partial charge >= 0.3 is 0 Å². The molecule has 1 aromatic carbocycles. The van der Waals surface area contributed by atoms with Crippen LogP contribution in [0.3, 0.4) is 0 Å². The van der Waals surface area contributed by atoms with Gasteiger partial charge in [0, 0.05) is 12.1 Å². The Morgan fingerprint density at radius 1 is 1.20 bits per heavy atom. The van der Waals surface area contributed by atoms with Crippen LogP contribution in [0.25, 0.3) is 0 Å². The van der Waals surface area contributed by atoms with E-state index in [2.05, 4.69) is 15.6 Å². The van der Waals surface area contributed by atoms with Crippen LogP contribution in [0.1, 0.15) is 49.0 Å². The van der Waals surface area contributed by atoms with E-state index in [-0.39, 0.29) is 11.6 Å². The molecule has 6 nitrogen and oxygen atoms in total. The number of hydrogen-bond donors (Lipinski definition) is 3. The van der Waals surface area contributed by atoms with Crippen molar-refractivity contribution in [2.75, 3.05) is 10.6 Å². The van der Waals surface area contributed by atoms with Gasteiger partial charge in [-0.05, 0) is 24.5 Å². The van der Waals surface area contributed by atoms with Gasteiger partial charge in [0.1, 0.15) is 5.00 Å². The van der Waals surface area contributed by atoms with Gasteiger partial charge < -0.3 is 16.4 Å². The second-order valence-corrected chi connectivity index (χ2v) is 7.29. The summed E-state index contributed by atoms with van der Waals surface area (Å²) >= 11 is 1.21. The molecule has 1 aliphatic rings. The Bertz CT molecular complexity index is 739. The van der Waals surface area contributed by atoms with Gasteiger partial charge in [-0.25, -0.2) is 4.98 Å². The number of carbonyl (C=O) groups excluding carboxylic acids is 2. The summed E-state index contributed by atoms with van der Waals surface area (Å²) in [7, 11) is 0. The maximum Gasteiger partial charge on any atom is 0.270 e. The van der Waals surface area contributed by atoms with Gasteiger partial charge in [-0.3, -0.25) is 9.59 Å². The average Bonchev–Trinajstić information content (AvgIpc) is 3.24. The number of amides is 2. The highest BCUT2D eigenvalue weighted by molar-refractivity contribution is 7.20. The third-order valence-corrected chi connectivity index (χ3v) is 5.28. The second-order valence-electron chi connectivity index (χ2n) is 6.29. The monoisotopic (exact) mass is 358 g/mol. The Hall–Kier alpha value is -2.41. The fourth-order valence-electron chi connectivity index (χ4n) is 3.09. The lowest BCUT2D eigenvalue weighted by Gasteiger charge is -2.08. The first-order chi connectivity index (χ1) is 12.1. The van der Waals surface area contributed by atoms with Gasteiger partial charge in [0.05, 0.1) is 0 Å². The van der Waals surface area contributed by atoms with Crippen LogP contribution in [0.15, 0.2) is 30.3 Å². The van der Waals surface area contributed by atoms with Crippen molar-refractivity contribution >= 4 is 39.0 Å². The fraction of sp³-hybridized carbons (Fsp3) is 0.389. The molecule has 132 valence electrons. The standard InChI is InChI=1S/C18H22N4O2S/c19-16(24)15-17(21-14(23)11-10-12-6-4-5-7-12)25-18(22-15)20-13-8-2-1-3-9-13/h1-3,8-9,12H,4-7,10-11H2,(H2,19,24)(H,20,22)(H,21,23). The number of nitrogens with two attached hydrogens (primary N) is 1. The summed E-state index contributed by atoms with van der Waals surface area (Å²) in [5, 5.41) is 6.84. The smallest absolute Gasteiger partial charge is 0.270 e. The van der Waals surface area contributed by atoms with E-state index in [1.165, 1.54) is 37.0 Å². The molecule has 2 aromatic rings. The van der Waals surface area contributed by atoms with Crippen molar-refractivity contribution in [3.05, 3.63) is 36.0 Å². The number of thiazole rings is 1. The summed E-state index contributed by atoms with van der Waals surface area (Å²) in [4.78, 5) is 28.0. The number of aromatic nitrogens is 1. The molecule has 0 aliphatic heterocycles. The van der Waals surface area contributed by atoms with Crippen molar-refractivity contribution in [2.45, 2.75) is 38.5 Å². The van der Waals surface area contributed by atoms with Gasteiger partial charge in [-0.2, -0.15) is 0 Å². The largest absolute Gasteiger partial charge is 0.364 e. The normalized spacial score (nSPS) is 14.4. The highest BCUT2D eigenvalue weighted by Crippen LogP contribution is 2.32. The van der Waals surface area contributed by atoms with Crippen molar-refractivity contribution < 1.29 is 9.59 Å². The molecule has 0 radical (unpaired) electrons. The molecule has 3 rings (SSSR count). The zero-order valence-corrected chi connectivity index (χ0v) is 14.8. The molecule has 0 bridgehead atoms. The number of primary amides is 1. The minimum atomic E-state index is -0.650. The Balaban J connectivity index is 1.64. The van der Waals surface area contributed by atoms with Crippen LogP contribution in [0, 0.1) is 5.92 Å². The summed E-state index contributed by atoms with van der Waals surface area (Å²) in [5.41, 5.74) is 6.34. The topological polar surface area (TPSA) is 97.1 Å². The predicted octanol–water partition coefficient (Wildman–Crippen LogP) is 3.89. The van der Waals surface area contributed by atoms with Crippen LogP contribution in [0.5, 0.6) is 0 Å². The van der Waals surface area contributed by atoms with Gasteiger partial charge in [-0.15, -0.1) is 0 Å². The Morgan fingerprint density at radius 3 is 2.60 bits per heavy atom. The predicted molar refractivity (Wildman–Crippen MR) is 100 cm³/mol. The van der Waals surface area contributed by atoms with E-state index >= 15 is 0 Å². The van der Waals surface area contributed by atoms with Gasteiger partial charge in [0.2, 0.25) is 5.91 Å². The molecule has 0 atom stereocenters. The lowest BCUT2D eigenvalue weighted by molar-refractivity contribution is -0.116. The number of nitrogens with zero attached hydrogens (tertiary/aromatic N) is 1. The summed E-state index contributed by atoms with van der Waals surface area (Å²) < 4.78 is 0. The molecule has 25 heavy (non-hydrogen) atoms. The van der Waals surface area contributed by atoms with E-state index in [0.717, 1.165) is 12.1 Å². The molecule has 2 amide bonds. The van der Waals surface area contributed by atoms with Gasteiger partial charge in [-0.1, -0.05) is 55.2 Å². The number of carbonyl (C=O) groups is 2. The van der Waals surface area contributed by atoms with Crippen LogP contribution >= 0.6 is 11.3 Å². The van der Waals surface area contributed by atoms with Crippen LogP contribution in [-0.4, -0.2) is 16.8 Å². The molecular formula is C18H22N4O2S. The van der Waals surface area contributed by atoms with Gasteiger partial charge in [0.25, 0.3) is 5.91 Å². The second kappa shape index (κ2) is 8.11. The first kappa shape index (κ1) is 17.4. The van der Waals surface area contributed by atoms with Crippen molar-refractivity contribution in [3.8, 4) is 0 Å². The Kier molecular flexibility index (Phi) is 5.65. The van der Waals surface area contributed by atoms with E-state index in [0.29, 0.717) is 22.5 Å². The molecule has 7 heteroatoms. The minimum Gasteiger partial charge on any atom is -0.364 e. The van der Waals surface area contributed by atoms with Crippen LogP contribution in [0.4, 0.5) is 15.8 Å².